The van der Waals surface area contributed by atoms with E-state index in [1.165, 1.54) is 128 Å². The summed E-state index contributed by atoms with van der Waals surface area (Å²) in [5.41, 5.74) is 0. The predicted octanol–water partition coefficient (Wildman–Crippen LogP) is 14.8. The molecule has 0 bridgehead atoms. The molecule has 0 saturated heterocycles. The number of carbonyl (C=O) groups is 2. The van der Waals surface area contributed by atoms with Crippen LogP contribution in [0.25, 0.3) is 0 Å². The van der Waals surface area contributed by atoms with E-state index < -0.39 is 5.97 Å². The van der Waals surface area contributed by atoms with E-state index in [-0.39, 0.29) is 11.9 Å². The van der Waals surface area contributed by atoms with Crippen molar-refractivity contribution >= 4 is 11.9 Å². The van der Waals surface area contributed by atoms with Crippen molar-refractivity contribution in [2.75, 3.05) is 6.61 Å². The number of esters is 1. The monoisotopic (exact) mass is 681 g/mol. The molecule has 0 rings (SSSR count). The molecular formula is C44H88O4. The molecule has 4 nitrogen and oxygen atoms in total. The first-order valence-electron chi connectivity index (χ1n) is 21.3. The molecule has 0 radical (unpaired) electrons. The minimum absolute atomic E-state index is 0.00435. The molecule has 0 aromatic carbocycles. The van der Waals surface area contributed by atoms with Crippen molar-refractivity contribution in [1.29, 1.82) is 0 Å². The molecular weight excluding hydrogens is 592 g/mol. The third kappa shape index (κ3) is 43.0. The SMILES string of the molecule is CC(C)CCCCCCCCCCC(CCCCC(C)C)C(=O)O.CC(C)CCCCCCCCCCOC(=O)CCCCCC(C)C. The zero-order valence-electron chi connectivity index (χ0n) is 34.1. The van der Waals surface area contributed by atoms with Crippen molar-refractivity contribution in [2.24, 2.45) is 29.6 Å². The number of hydrogen-bond donors (Lipinski definition) is 1. The average Bonchev–Trinajstić information content (AvgIpc) is 3.01. The van der Waals surface area contributed by atoms with Crippen molar-refractivity contribution in [2.45, 2.75) is 235 Å². The number of carbonyl (C=O) groups excluding carboxylic acids is 1. The molecule has 0 aromatic heterocycles. The van der Waals surface area contributed by atoms with Gasteiger partial charge in [0.05, 0.1) is 12.5 Å². The number of unbranched alkanes of at least 4 members (excludes halogenated alkanes) is 17. The summed E-state index contributed by atoms with van der Waals surface area (Å²) in [5, 5.41) is 9.34. The van der Waals surface area contributed by atoms with E-state index in [0.29, 0.717) is 13.0 Å². The molecule has 0 aliphatic carbocycles. The van der Waals surface area contributed by atoms with Gasteiger partial charge in [-0.15, -0.1) is 0 Å². The van der Waals surface area contributed by atoms with Gasteiger partial charge in [0.1, 0.15) is 0 Å². The van der Waals surface area contributed by atoms with Crippen LogP contribution in [0.3, 0.4) is 0 Å². The standard InChI is InChI=1S/2C22H44O2/c1-20(2)16-12-9-7-5-6-8-10-15-19-24-22(23)18-14-11-13-17-21(3)4;1-19(2)15-11-9-7-5-6-8-10-12-17-21(22(23)24)18-14-13-16-20(3)4/h20-21H,5-19H2,1-4H3;19-21H,5-18H2,1-4H3,(H,23,24). The van der Waals surface area contributed by atoms with Gasteiger partial charge in [-0.05, 0) is 49.4 Å². The maximum Gasteiger partial charge on any atom is 0.306 e. The maximum absolute atomic E-state index is 11.6. The fourth-order valence-electron chi connectivity index (χ4n) is 6.31. The largest absolute Gasteiger partial charge is 0.481 e. The van der Waals surface area contributed by atoms with Crippen molar-refractivity contribution in [3.8, 4) is 0 Å². The van der Waals surface area contributed by atoms with Gasteiger partial charge in [-0.1, -0.05) is 203 Å². The van der Waals surface area contributed by atoms with Gasteiger partial charge in [0.15, 0.2) is 0 Å². The molecule has 288 valence electrons. The van der Waals surface area contributed by atoms with E-state index in [1.807, 2.05) is 0 Å². The van der Waals surface area contributed by atoms with Crippen LogP contribution in [-0.4, -0.2) is 23.7 Å². The Kier molecular flexibility index (Phi) is 38.0. The molecule has 0 heterocycles. The number of aliphatic carboxylic acids is 1. The van der Waals surface area contributed by atoms with E-state index >= 15 is 0 Å². The molecule has 48 heavy (non-hydrogen) atoms. The molecule has 1 atom stereocenters. The molecule has 0 fully saturated rings. The highest BCUT2D eigenvalue weighted by Crippen LogP contribution is 2.20. The Balaban J connectivity index is 0. The molecule has 1 N–H and O–H groups in total. The van der Waals surface area contributed by atoms with Gasteiger partial charge >= 0.3 is 11.9 Å². The fourth-order valence-corrected chi connectivity index (χ4v) is 6.31. The van der Waals surface area contributed by atoms with Crippen molar-refractivity contribution in [3.63, 3.8) is 0 Å². The minimum Gasteiger partial charge on any atom is -0.481 e. The van der Waals surface area contributed by atoms with Crippen LogP contribution < -0.4 is 0 Å². The van der Waals surface area contributed by atoms with Gasteiger partial charge in [0, 0.05) is 6.42 Å². The average molecular weight is 681 g/mol. The lowest BCUT2D eigenvalue weighted by molar-refractivity contribution is -0.144. The Morgan fingerprint density at radius 1 is 0.396 bits per heavy atom. The summed E-state index contributed by atoms with van der Waals surface area (Å²) in [6.45, 7) is 18.8. The quantitative estimate of drug-likeness (QED) is 0.0543. The highest BCUT2D eigenvalue weighted by molar-refractivity contribution is 5.69. The number of ether oxygens (including phenoxy) is 1. The molecule has 0 spiro atoms. The number of carboxylic acid groups (broad SMARTS) is 1. The normalized spacial score (nSPS) is 12.2. The van der Waals surface area contributed by atoms with Crippen molar-refractivity contribution in [3.05, 3.63) is 0 Å². The number of rotatable bonds is 34. The third-order valence-electron chi connectivity index (χ3n) is 9.62. The summed E-state index contributed by atoms with van der Waals surface area (Å²) in [6, 6.07) is 0. The van der Waals surface area contributed by atoms with E-state index in [4.69, 9.17) is 4.74 Å². The molecule has 1 unspecified atom stereocenters. The molecule has 4 heteroatoms. The third-order valence-corrected chi connectivity index (χ3v) is 9.62. The molecule has 0 amide bonds. The van der Waals surface area contributed by atoms with Gasteiger partial charge in [0.25, 0.3) is 0 Å². The van der Waals surface area contributed by atoms with Crippen LogP contribution in [0.2, 0.25) is 0 Å². The molecule has 0 saturated carbocycles. The van der Waals surface area contributed by atoms with Gasteiger partial charge in [-0.2, -0.15) is 0 Å². The summed E-state index contributed by atoms with van der Waals surface area (Å²) in [4.78, 5) is 22.9. The number of carboxylic acids is 1. The summed E-state index contributed by atoms with van der Waals surface area (Å²) in [5.74, 6) is 2.53. The lowest BCUT2D eigenvalue weighted by Gasteiger charge is -2.12. The van der Waals surface area contributed by atoms with Crippen LogP contribution >= 0.6 is 0 Å². The fraction of sp³-hybridized carbons (Fsp3) is 0.955. The van der Waals surface area contributed by atoms with Crippen LogP contribution in [-0.2, 0) is 14.3 Å². The second kappa shape index (κ2) is 37.2. The first-order valence-corrected chi connectivity index (χ1v) is 21.3. The Morgan fingerprint density at radius 2 is 0.667 bits per heavy atom. The first kappa shape index (κ1) is 49.1. The highest BCUT2D eigenvalue weighted by Gasteiger charge is 2.16. The van der Waals surface area contributed by atoms with Crippen molar-refractivity contribution < 1.29 is 19.4 Å². The zero-order chi connectivity index (χ0) is 36.3. The maximum atomic E-state index is 11.6. The summed E-state index contributed by atoms with van der Waals surface area (Å²) < 4.78 is 5.31. The minimum atomic E-state index is -0.579. The molecule has 0 aliphatic rings. The van der Waals surface area contributed by atoms with Gasteiger partial charge in [-0.25, -0.2) is 0 Å². The van der Waals surface area contributed by atoms with Gasteiger partial charge < -0.3 is 9.84 Å². The summed E-state index contributed by atoms with van der Waals surface area (Å²) >= 11 is 0. The predicted molar refractivity (Wildman–Crippen MR) is 211 cm³/mol. The van der Waals surface area contributed by atoms with Crippen LogP contribution in [0, 0.1) is 29.6 Å². The Bertz CT molecular complexity index is 667. The van der Waals surface area contributed by atoms with Crippen LogP contribution in [0.5, 0.6) is 0 Å². The van der Waals surface area contributed by atoms with Crippen LogP contribution in [0.4, 0.5) is 0 Å². The van der Waals surface area contributed by atoms with E-state index in [0.717, 1.165) is 68.6 Å². The van der Waals surface area contributed by atoms with E-state index in [1.54, 1.807) is 0 Å². The van der Waals surface area contributed by atoms with Crippen LogP contribution in [0.15, 0.2) is 0 Å². The van der Waals surface area contributed by atoms with Gasteiger partial charge in [-0.3, -0.25) is 9.59 Å². The Morgan fingerprint density at radius 3 is 1.02 bits per heavy atom. The smallest absolute Gasteiger partial charge is 0.306 e. The Hall–Kier alpha value is -1.06. The summed E-state index contributed by atoms with van der Waals surface area (Å²) in [6.07, 6.45) is 34.1. The van der Waals surface area contributed by atoms with Crippen molar-refractivity contribution in [1.82, 2.24) is 0 Å². The second-order valence-corrected chi connectivity index (χ2v) is 16.7. The molecule has 0 aliphatic heterocycles. The first-order chi connectivity index (χ1) is 23.0. The van der Waals surface area contributed by atoms with E-state index in [9.17, 15) is 14.7 Å². The topological polar surface area (TPSA) is 63.6 Å². The zero-order valence-corrected chi connectivity index (χ0v) is 34.1. The highest BCUT2D eigenvalue weighted by atomic mass is 16.5. The molecule has 0 aromatic rings. The Labute approximate surface area is 302 Å². The van der Waals surface area contributed by atoms with Crippen LogP contribution in [0.1, 0.15) is 235 Å². The lowest BCUT2D eigenvalue weighted by atomic mass is 9.93. The van der Waals surface area contributed by atoms with E-state index in [2.05, 4.69) is 55.4 Å². The summed E-state index contributed by atoms with van der Waals surface area (Å²) in [7, 11) is 0. The van der Waals surface area contributed by atoms with Gasteiger partial charge in [0.2, 0.25) is 0 Å². The second-order valence-electron chi connectivity index (χ2n) is 16.7. The number of hydrogen-bond acceptors (Lipinski definition) is 3. The lowest BCUT2D eigenvalue weighted by Crippen LogP contribution is -2.13.